The molecule has 4 heteroatoms. The van der Waals surface area contributed by atoms with E-state index in [1.165, 1.54) is 12.1 Å². The number of aromatic amines is 1. The SMILES string of the molecule is Cc1cc2cc(CNC(=O)CCc3cccc(F)c3)ccc2[nH]1. The molecular formula is C19H19FN2O. The molecule has 0 bridgehead atoms. The third-order valence-electron chi connectivity index (χ3n) is 3.84. The number of aromatic nitrogens is 1. The maximum absolute atomic E-state index is 13.1. The summed E-state index contributed by atoms with van der Waals surface area (Å²) in [6, 6.07) is 14.6. The van der Waals surface area contributed by atoms with Gasteiger partial charge in [-0.05, 0) is 60.2 Å². The maximum atomic E-state index is 13.1. The van der Waals surface area contributed by atoms with Gasteiger partial charge < -0.3 is 10.3 Å². The molecule has 0 spiro atoms. The second-order valence-electron chi connectivity index (χ2n) is 5.78. The fraction of sp³-hybridized carbons (Fsp3) is 0.211. The molecule has 1 amide bonds. The normalized spacial score (nSPS) is 10.9. The van der Waals surface area contributed by atoms with Crippen LogP contribution in [0.3, 0.4) is 0 Å². The highest BCUT2D eigenvalue weighted by molar-refractivity contribution is 5.81. The molecule has 3 aromatic rings. The van der Waals surface area contributed by atoms with Crippen LogP contribution in [0.2, 0.25) is 0 Å². The summed E-state index contributed by atoms with van der Waals surface area (Å²) in [5, 5.41) is 4.06. The Balaban J connectivity index is 1.53. The van der Waals surface area contributed by atoms with Crippen LogP contribution in [0.15, 0.2) is 48.5 Å². The van der Waals surface area contributed by atoms with Gasteiger partial charge in [-0.2, -0.15) is 0 Å². The second-order valence-corrected chi connectivity index (χ2v) is 5.78. The van der Waals surface area contributed by atoms with Crippen LogP contribution in [0.25, 0.3) is 10.9 Å². The molecule has 2 aromatic carbocycles. The first-order valence-electron chi connectivity index (χ1n) is 7.69. The van der Waals surface area contributed by atoms with Gasteiger partial charge in [-0.15, -0.1) is 0 Å². The molecule has 0 atom stereocenters. The van der Waals surface area contributed by atoms with Crippen molar-refractivity contribution in [2.24, 2.45) is 0 Å². The van der Waals surface area contributed by atoms with Crippen molar-refractivity contribution in [3.05, 3.63) is 71.2 Å². The fourth-order valence-electron chi connectivity index (χ4n) is 2.68. The molecule has 0 fully saturated rings. The standard InChI is InChI=1S/C19H19FN2O/c1-13-9-16-10-15(5-7-18(16)22-13)12-21-19(23)8-6-14-3-2-4-17(20)11-14/h2-5,7,9-11,22H,6,8,12H2,1H3,(H,21,23). The van der Waals surface area contributed by atoms with Gasteiger partial charge in [0.05, 0.1) is 0 Å². The highest BCUT2D eigenvalue weighted by Crippen LogP contribution is 2.16. The van der Waals surface area contributed by atoms with Crippen LogP contribution in [0, 0.1) is 12.7 Å². The Bertz CT molecular complexity index is 838. The number of benzene rings is 2. The molecule has 2 N–H and O–H groups in total. The van der Waals surface area contributed by atoms with Gasteiger partial charge in [-0.25, -0.2) is 4.39 Å². The first kappa shape index (κ1) is 15.3. The summed E-state index contributed by atoms with van der Waals surface area (Å²) in [7, 11) is 0. The van der Waals surface area contributed by atoms with Crippen LogP contribution in [-0.4, -0.2) is 10.9 Å². The number of halogens is 1. The van der Waals surface area contributed by atoms with Gasteiger partial charge in [-0.1, -0.05) is 18.2 Å². The first-order chi connectivity index (χ1) is 11.1. The Morgan fingerprint density at radius 1 is 1.13 bits per heavy atom. The van der Waals surface area contributed by atoms with Crippen molar-refractivity contribution in [3.8, 4) is 0 Å². The molecular weight excluding hydrogens is 291 g/mol. The predicted molar refractivity (Wildman–Crippen MR) is 89.6 cm³/mol. The maximum Gasteiger partial charge on any atom is 0.220 e. The summed E-state index contributed by atoms with van der Waals surface area (Å²) in [6.45, 7) is 2.52. The van der Waals surface area contributed by atoms with E-state index < -0.39 is 0 Å². The lowest BCUT2D eigenvalue weighted by Crippen LogP contribution is -2.22. The molecule has 0 saturated heterocycles. The Kier molecular flexibility index (Phi) is 4.42. The highest BCUT2D eigenvalue weighted by atomic mass is 19.1. The number of rotatable bonds is 5. The van der Waals surface area contributed by atoms with Crippen molar-refractivity contribution < 1.29 is 9.18 Å². The minimum absolute atomic E-state index is 0.0281. The van der Waals surface area contributed by atoms with E-state index >= 15 is 0 Å². The summed E-state index contributed by atoms with van der Waals surface area (Å²) in [5.41, 5.74) is 4.12. The van der Waals surface area contributed by atoms with E-state index in [0.29, 0.717) is 19.4 Å². The minimum atomic E-state index is -0.266. The van der Waals surface area contributed by atoms with Gasteiger partial charge in [0.15, 0.2) is 0 Å². The summed E-state index contributed by atoms with van der Waals surface area (Å²) < 4.78 is 13.1. The Hall–Kier alpha value is -2.62. The molecule has 0 saturated carbocycles. The van der Waals surface area contributed by atoms with Crippen LogP contribution >= 0.6 is 0 Å². The van der Waals surface area contributed by atoms with Gasteiger partial charge in [-0.3, -0.25) is 4.79 Å². The molecule has 1 aromatic heterocycles. The molecule has 0 aliphatic rings. The zero-order valence-electron chi connectivity index (χ0n) is 13.0. The second kappa shape index (κ2) is 6.65. The molecule has 118 valence electrons. The Morgan fingerprint density at radius 3 is 2.83 bits per heavy atom. The van der Waals surface area contributed by atoms with Crippen LogP contribution in [0.1, 0.15) is 23.2 Å². The zero-order chi connectivity index (χ0) is 16.2. The van der Waals surface area contributed by atoms with E-state index in [-0.39, 0.29) is 11.7 Å². The number of hydrogen-bond acceptors (Lipinski definition) is 1. The number of carbonyl (C=O) groups is 1. The molecule has 23 heavy (non-hydrogen) atoms. The number of H-pyrrole nitrogens is 1. The third kappa shape index (κ3) is 3.97. The van der Waals surface area contributed by atoms with Crippen LogP contribution < -0.4 is 5.32 Å². The molecule has 3 nitrogen and oxygen atoms in total. The van der Waals surface area contributed by atoms with Crippen molar-refractivity contribution in [1.82, 2.24) is 10.3 Å². The average molecular weight is 310 g/mol. The van der Waals surface area contributed by atoms with E-state index in [9.17, 15) is 9.18 Å². The summed E-state index contributed by atoms with van der Waals surface area (Å²) >= 11 is 0. The topological polar surface area (TPSA) is 44.9 Å². The summed E-state index contributed by atoms with van der Waals surface area (Å²) in [6.07, 6.45) is 0.897. The van der Waals surface area contributed by atoms with Crippen molar-refractivity contribution in [3.63, 3.8) is 0 Å². The predicted octanol–water partition coefficient (Wildman–Crippen LogP) is 3.86. The number of fused-ring (bicyclic) bond motifs is 1. The molecule has 1 heterocycles. The molecule has 0 aliphatic heterocycles. The number of carbonyl (C=O) groups excluding carboxylic acids is 1. The summed E-state index contributed by atoms with van der Waals surface area (Å²) in [4.78, 5) is 15.2. The van der Waals surface area contributed by atoms with Crippen molar-refractivity contribution in [2.45, 2.75) is 26.3 Å². The molecule has 0 aliphatic carbocycles. The zero-order valence-corrected chi connectivity index (χ0v) is 13.0. The van der Waals surface area contributed by atoms with Crippen LogP contribution in [-0.2, 0) is 17.8 Å². The average Bonchev–Trinajstić information content (AvgIpc) is 2.90. The lowest BCUT2D eigenvalue weighted by Gasteiger charge is -2.06. The molecule has 0 radical (unpaired) electrons. The number of aryl methyl sites for hydroxylation is 2. The fourth-order valence-corrected chi connectivity index (χ4v) is 2.68. The summed E-state index contributed by atoms with van der Waals surface area (Å²) in [5.74, 6) is -0.294. The Morgan fingerprint density at radius 2 is 2.00 bits per heavy atom. The first-order valence-corrected chi connectivity index (χ1v) is 7.69. The monoisotopic (exact) mass is 310 g/mol. The number of hydrogen-bond donors (Lipinski definition) is 2. The van der Waals surface area contributed by atoms with Crippen LogP contribution in [0.4, 0.5) is 4.39 Å². The molecule has 0 unspecified atom stereocenters. The minimum Gasteiger partial charge on any atom is -0.359 e. The largest absolute Gasteiger partial charge is 0.359 e. The van der Waals surface area contributed by atoms with Gasteiger partial charge in [0.2, 0.25) is 5.91 Å². The van der Waals surface area contributed by atoms with E-state index in [4.69, 9.17) is 0 Å². The van der Waals surface area contributed by atoms with E-state index in [2.05, 4.69) is 22.4 Å². The van der Waals surface area contributed by atoms with Gasteiger partial charge in [0, 0.05) is 24.2 Å². The van der Waals surface area contributed by atoms with E-state index in [0.717, 1.165) is 27.7 Å². The van der Waals surface area contributed by atoms with E-state index in [1.54, 1.807) is 6.07 Å². The van der Waals surface area contributed by atoms with Crippen LogP contribution in [0.5, 0.6) is 0 Å². The molecule has 3 rings (SSSR count). The Labute approximate surface area is 134 Å². The number of nitrogens with one attached hydrogen (secondary N) is 2. The highest BCUT2D eigenvalue weighted by Gasteiger charge is 2.04. The van der Waals surface area contributed by atoms with Gasteiger partial charge >= 0.3 is 0 Å². The van der Waals surface area contributed by atoms with Crippen molar-refractivity contribution in [1.29, 1.82) is 0 Å². The lowest BCUT2D eigenvalue weighted by atomic mass is 10.1. The quantitative estimate of drug-likeness (QED) is 0.738. The van der Waals surface area contributed by atoms with Gasteiger partial charge in [0.1, 0.15) is 5.82 Å². The van der Waals surface area contributed by atoms with E-state index in [1.807, 2.05) is 25.1 Å². The lowest BCUT2D eigenvalue weighted by molar-refractivity contribution is -0.121. The van der Waals surface area contributed by atoms with Gasteiger partial charge in [0.25, 0.3) is 0 Å². The smallest absolute Gasteiger partial charge is 0.220 e. The third-order valence-corrected chi connectivity index (χ3v) is 3.84. The van der Waals surface area contributed by atoms with Crippen molar-refractivity contribution >= 4 is 16.8 Å². The van der Waals surface area contributed by atoms with Crippen molar-refractivity contribution in [2.75, 3.05) is 0 Å². The number of amides is 1.